The van der Waals surface area contributed by atoms with Crippen LogP contribution >= 0.6 is 0 Å². The van der Waals surface area contributed by atoms with Gasteiger partial charge in [-0.05, 0) is 44.9 Å². The molecule has 35 heavy (non-hydrogen) atoms. The first-order valence-corrected chi connectivity index (χ1v) is 13.5. The molecule has 0 saturated heterocycles. The molecule has 2 aliphatic rings. The molecule has 11 heteroatoms. The van der Waals surface area contributed by atoms with Crippen molar-refractivity contribution in [2.24, 2.45) is 18.9 Å². The van der Waals surface area contributed by atoms with Gasteiger partial charge in [-0.2, -0.15) is 8.42 Å². The zero-order valence-electron chi connectivity index (χ0n) is 20.7. The van der Waals surface area contributed by atoms with Gasteiger partial charge in [-0.15, -0.1) is 0 Å². The maximum absolute atomic E-state index is 13.5. The molecular weight excluding hydrogens is 470 g/mol. The molecule has 2 aromatic rings. The number of hydrogen-bond donors (Lipinski definition) is 2. The number of benzene rings is 1. The number of likely N-dealkylation sites (N-methyl/N-ethyl adjacent to an activating group) is 1. The van der Waals surface area contributed by atoms with Crippen LogP contribution in [0.4, 0.5) is 5.69 Å². The Morgan fingerprint density at radius 1 is 1.31 bits per heavy atom. The Morgan fingerprint density at radius 2 is 2.06 bits per heavy atom. The van der Waals surface area contributed by atoms with Crippen LogP contribution in [0.3, 0.4) is 0 Å². The average molecular weight is 506 g/mol. The molecule has 1 saturated carbocycles. The molecule has 192 valence electrons. The van der Waals surface area contributed by atoms with Gasteiger partial charge in [0, 0.05) is 38.8 Å². The van der Waals surface area contributed by atoms with Crippen LogP contribution in [0.2, 0.25) is 0 Å². The number of amides is 1. The van der Waals surface area contributed by atoms with Crippen LogP contribution in [0, 0.1) is 11.8 Å². The van der Waals surface area contributed by atoms with E-state index in [-0.39, 0.29) is 46.6 Å². The molecule has 1 aromatic carbocycles. The summed E-state index contributed by atoms with van der Waals surface area (Å²) in [7, 11) is -0.252. The number of anilines is 1. The third-order valence-corrected chi connectivity index (χ3v) is 7.90. The number of sulfonamides is 1. The zero-order valence-corrected chi connectivity index (χ0v) is 21.5. The van der Waals surface area contributed by atoms with E-state index in [1.54, 1.807) is 41.6 Å². The number of rotatable bonds is 9. The number of aryl methyl sites for hydroxylation is 1. The molecule has 0 bridgehead atoms. The van der Waals surface area contributed by atoms with Crippen molar-refractivity contribution in [1.82, 2.24) is 19.4 Å². The maximum atomic E-state index is 13.5. The first kappa shape index (κ1) is 25.5. The lowest BCUT2D eigenvalue weighted by molar-refractivity contribution is 0.0346. The van der Waals surface area contributed by atoms with Gasteiger partial charge in [-0.1, -0.05) is 13.0 Å². The number of fused-ring (bicyclic) bond motifs is 1. The molecule has 1 aliphatic heterocycles. The van der Waals surface area contributed by atoms with E-state index in [9.17, 15) is 18.3 Å². The van der Waals surface area contributed by atoms with E-state index < -0.39 is 16.1 Å². The molecule has 10 nitrogen and oxygen atoms in total. The van der Waals surface area contributed by atoms with E-state index in [1.165, 1.54) is 25.4 Å². The van der Waals surface area contributed by atoms with E-state index in [0.717, 1.165) is 6.54 Å². The second-order valence-electron chi connectivity index (χ2n) is 9.95. The number of ether oxygens (including phenoxy) is 1. The molecular formula is C24H35N5O5S. The van der Waals surface area contributed by atoms with Gasteiger partial charge in [0.05, 0.1) is 30.2 Å². The number of nitrogens with one attached hydrogen (secondary N) is 1. The van der Waals surface area contributed by atoms with Crippen LogP contribution in [0.5, 0.6) is 5.75 Å². The lowest BCUT2D eigenvalue weighted by atomic mass is 9.99. The average Bonchev–Trinajstić information content (AvgIpc) is 3.51. The Hall–Kier alpha value is -2.63. The van der Waals surface area contributed by atoms with Gasteiger partial charge < -0.3 is 24.2 Å². The van der Waals surface area contributed by atoms with Crippen molar-refractivity contribution in [3.63, 3.8) is 0 Å². The van der Waals surface area contributed by atoms with Gasteiger partial charge in [0.2, 0.25) is 0 Å². The van der Waals surface area contributed by atoms with E-state index in [1.807, 2.05) is 6.92 Å². The Morgan fingerprint density at radius 3 is 2.69 bits per heavy atom. The minimum absolute atomic E-state index is 0.0526. The highest BCUT2D eigenvalue weighted by atomic mass is 32.2. The van der Waals surface area contributed by atoms with Crippen molar-refractivity contribution in [1.29, 1.82) is 0 Å². The molecule has 1 amide bonds. The van der Waals surface area contributed by atoms with Crippen molar-refractivity contribution in [2.45, 2.75) is 43.9 Å². The van der Waals surface area contributed by atoms with Crippen LogP contribution in [-0.2, 0) is 17.1 Å². The van der Waals surface area contributed by atoms with Crippen LogP contribution in [0.25, 0.3) is 0 Å². The van der Waals surface area contributed by atoms with E-state index in [4.69, 9.17) is 4.74 Å². The normalized spacial score (nSPS) is 21.8. The number of imidazole rings is 1. The predicted octanol–water partition coefficient (Wildman–Crippen LogP) is 1.78. The summed E-state index contributed by atoms with van der Waals surface area (Å²) in [5, 5.41) is 9.69. The smallest absolute Gasteiger partial charge is 0.281 e. The lowest BCUT2D eigenvalue weighted by Gasteiger charge is -2.38. The number of aliphatic hydroxyl groups excluding tert-OH is 1. The number of para-hydroxylation sites is 1. The number of carbonyl (C=O) groups excluding carboxylic acids is 1. The maximum Gasteiger partial charge on any atom is 0.281 e. The summed E-state index contributed by atoms with van der Waals surface area (Å²) in [5.41, 5.74) is 0.440. The van der Waals surface area contributed by atoms with E-state index in [2.05, 4.69) is 21.7 Å². The van der Waals surface area contributed by atoms with Crippen molar-refractivity contribution >= 4 is 21.6 Å². The quantitative estimate of drug-likeness (QED) is 0.534. The number of carbonyl (C=O) groups is 1. The Labute approximate surface area is 206 Å². The summed E-state index contributed by atoms with van der Waals surface area (Å²) < 4.78 is 36.6. The van der Waals surface area contributed by atoms with E-state index >= 15 is 0 Å². The second-order valence-corrected chi connectivity index (χ2v) is 11.6. The van der Waals surface area contributed by atoms with Gasteiger partial charge in [0.1, 0.15) is 6.10 Å². The fraction of sp³-hybridized carbons (Fsp3) is 0.583. The lowest BCUT2D eigenvalue weighted by Crippen LogP contribution is -2.50. The summed E-state index contributed by atoms with van der Waals surface area (Å²) in [6, 6.07) is 4.45. The zero-order chi connectivity index (χ0) is 25.3. The van der Waals surface area contributed by atoms with Gasteiger partial charge in [-0.25, -0.2) is 4.98 Å². The minimum atomic E-state index is -4.00. The monoisotopic (exact) mass is 505 g/mol. The second kappa shape index (κ2) is 10.2. The molecule has 4 rings (SSSR count). The Kier molecular flexibility index (Phi) is 7.39. The fourth-order valence-corrected chi connectivity index (χ4v) is 5.43. The molecule has 1 aromatic heterocycles. The molecule has 0 radical (unpaired) electrons. The van der Waals surface area contributed by atoms with Crippen LogP contribution < -0.4 is 9.46 Å². The third-order valence-electron chi connectivity index (χ3n) is 6.65. The first-order chi connectivity index (χ1) is 16.6. The summed E-state index contributed by atoms with van der Waals surface area (Å²) in [4.78, 5) is 21.4. The number of nitrogens with zero attached hydrogens (tertiary/aromatic N) is 4. The number of aromatic nitrogens is 2. The largest absolute Gasteiger partial charge is 0.486 e. The SMILES string of the molecule is C[C@H](CO)N1C[C@H](C)[C@@H](CN(C)CC2CC2)Oc2c(NS(=O)(=O)c3cn(C)cn3)cccc2C1=O. The van der Waals surface area contributed by atoms with Gasteiger partial charge in [0.15, 0.2) is 10.8 Å². The third kappa shape index (κ3) is 5.79. The molecule has 2 heterocycles. The summed E-state index contributed by atoms with van der Waals surface area (Å²) in [6.07, 6.45) is 5.00. The standard InChI is InChI=1S/C24H35N5O5S/c1-16-10-29(17(2)14-30)24(31)19-6-5-7-20(26-35(32,33)22-13-28(4)15-25-22)23(19)34-21(16)12-27(3)11-18-8-9-18/h5-7,13,15-18,21,26,30H,8-12,14H2,1-4H3/t16-,17+,21+/m0/s1. The fourth-order valence-electron chi connectivity index (χ4n) is 4.39. The van der Waals surface area contributed by atoms with Gasteiger partial charge in [-0.3, -0.25) is 9.52 Å². The van der Waals surface area contributed by atoms with Gasteiger partial charge in [0.25, 0.3) is 15.9 Å². The van der Waals surface area contributed by atoms with Crippen molar-refractivity contribution in [3.05, 3.63) is 36.3 Å². The summed E-state index contributed by atoms with van der Waals surface area (Å²) >= 11 is 0. The van der Waals surface area contributed by atoms with E-state index in [0.29, 0.717) is 19.0 Å². The van der Waals surface area contributed by atoms with Gasteiger partial charge >= 0.3 is 0 Å². The highest BCUT2D eigenvalue weighted by Gasteiger charge is 2.35. The Balaban J connectivity index is 1.72. The minimum Gasteiger partial charge on any atom is -0.486 e. The van der Waals surface area contributed by atoms with Crippen LogP contribution in [0.1, 0.15) is 37.0 Å². The molecule has 1 aliphatic carbocycles. The highest BCUT2D eigenvalue weighted by molar-refractivity contribution is 7.92. The highest BCUT2D eigenvalue weighted by Crippen LogP contribution is 2.36. The molecule has 0 spiro atoms. The first-order valence-electron chi connectivity index (χ1n) is 12.0. The van der Waals surface area contributed by atoms with Crippen molar-refractivity contribution < 1.29 is 23.1 Å². The topological polar surface area (TPSA) is 117 Å². The molecule has 0 unspecified atom stereocenters. The molecule has 1 fully saturated rings. The predicted molar refractivity (Wildman–Crippen MR) is 132 cm³/mol. The molecule has 2 N–H and O–H groups in total. The summed E-state index contributed by atoms with van der Waals surface area (Å²) in [6.45, 7) is 5.68. The van der Waals surface area contributed by atoms with Crippen LogP contribution in [0.15, 0.2) is 35.7 Å². The molecule has 3 atom stereocenters. The van der Waals surface area contributed by atoms with Crippen molar-refractivity contribution in [3.8, 4) is 5.75 Å². The summed E-state index contributed by atoms with van der Waals surface area (Å²) in [5.74, 6) is 0.549. The number of aliphatic hydroxyl groups is 1. The number of hydrogen-bond acceptors (Lipinski definition) is 7. The van der Waals surface area contributed by atoms with Crippen LogP contribution in [-0.4, -0.2) is 84.2 Å². The Bertz CT molecular complexity index is 1160. The van der Waals surface area contributed by atoms with Crippen molar-refractivity contribution in [2.75, 3.05) is 38.0 Å².